The number of aliphatic imine (C=N–C) groups is 1. The van der Waals surface area contributed by atoms with Crippen LogP contribution in [0.3, 0.4) is 0 Å². The van der Waals surface area contributed by atoms with Crippen molar-refractivity contribution in [2.24, 2.45) is 4.99 Å². The minimum atomic E-state index is -0.249. The SMILES string of the molecule is CCNC(=NCCc1cccc(C(=O)N(C)C)c1)N1CCN(C(=O)OCC)CC1. The second-order valence-electron chi connectivity index (χ2n) is 7.06. The Labute approximate surface area is 173 Å². The van der Waals surface area contributed by atoms with E-state index in [-0.39, 0.29) is 12.0 Å². The van der Waals surface area contributed by atoms with Gasteiger partial charge >= 0.3 is 6.09 Å². The van der Waals surface area contributed by atoms with Gasteiger partial charge in [-0.15, -0.1) is 0 Å². The third-order valence-electron chi connectivity index (χ3n) is 4.68. The molecule has 0 atom stereocenters. The van der Waals surface area contributed by atoms with Gasteiger partial charge in [0.1, 0.15) is 0 Å². The van der Waals surface area contributed by atoms with E-state index in [1.807, 2.05) is 38.1 Å². The molecule has 1 fully saturated rings. The van der Waals surface area contributed by atoms with Crippen LogP contribution in [0.5, 0.6) is 0 Å². The van der Waals surface area contributed by atoms with Gasteiger partial charge in [0.05, 0.1) is 6.61 Å². The van der Waals surface area contributed by atoms with Crippen molar-refractivity contribution in [1.82, 2.24) is 20.0 Å². The molecule has 29 heavy (non-hydrogen) atoms. The number of hydrogen-bond donors (Lipinski definition) is 1. The molecule has 160 valence electrons. The second kappa shape index (κ2) is 11.3. The largest absolute Gasteiger partial charge is 0.450 e. The summed E-state index contributed by atoms with van der Waals surface area (Å²) in [5.41, 5.74) is 1.78. The Bertz CT molecular complexity index is 712. The van der Waals surface area contributed by atoms with Crippen molar-refractivity contribution < 1.29 is 14.3 Å². The van der Waals surface area contributed by atoms with Crippen molar-refractivity contribution in [3.63, 3.8) is 0 Å². The van der Waals surface area contributed by atoms with Crippen molar-refractivity contribution in [2.45, 2.75) is 20.3 Å². The van der Waals surface area contributed by atoms with E-state index in [0.717, 1.165) is 37.6 Å². The first-order valence-corrected chi connectivity index (χ1v) is 10.2. The van der Waals surface area contributed by atoms with Crippen molar-refractivity contribution in [2.75, 3.05) is 60.0 Å². The molecule has 0 radical (unpaired) electrons. The van der Waals surface area contributed by atoms with Crippen LogP contribution in [0.4, 0.5) is 4.79 Å². The van der Waals surface area contributed by atoms with Gasteiger partial charge in [-0.25, -0.2) is 4.79 Å². The van der Waals surface area contributed by atoms with Gasteiger partial charge in [0.15, 0.2) is 5.96 Å². The summed E-state index contributed by atoms with van der Waals surface area (Å²) in [7, 11) is 3.51. The van der Waals surface area contributed by atoms with Crippen LogP contribution in [-0.4, -0.2) is 92.6 Å². The molecular weight excluding hydrogens is 370 g/mol. The van der Waals surface area contributed by atoms with Gasteiger partial charge in [0.2, 0.25) is 0 Å². The van der Waals surface area contributed by atoms with E-state index in [1.54, 1.807) is 23.9 Å². The third-order valence-corrected chi connectivity index (χ3v) is 4.68. The van der Waals surface area contributed by atoms with Crippen LogP contribution in [0.15, 0.2) is 29.3 Å². The molecule has 1 saturated heterocycles. The van der Waals surface area contributed by atoms with E-state index in [4.69, 9.17) is 9.73 Å². The summed E-state index contributed by atoms with van der Waals surface area (Å²) in [5.74, 6) is 0.861. The predicted octanol–water partition coefficient (Wildman–Crippen LogP) is 1.67. The highest BCUT2D eigenvalue weighted by Crippen LogP contribution is 2.09. The summed E-state index contributed by atoms with van der Waals surface area (Å²) in [6.45, 7) is 8.34. The Hall–Kier alpha value is -2.77. The standard InChI is InChI=1S/C21H33N5O3/c1-5-22-20(25-12-14-26(15-13-25)21(28)29-6-2)23-11-10-17-8-7-9-18(16-17)19(27)24(3)4/h7-9,16H,5-6,10-15H2,1-4H3,(H,22,23). The van der Waals surface area contributed by atoms with Crippen molar-refractivity contribution in [3.05, 3.63) is 35.4 Å². The number of ether oxygens (including phenoxy) is 1. The van der Waals surface area contributed by atoms with E-state index in [0.29, 0.717) is 31.8 Å². The highest BCUT2D eigenvalue weighted by Gasteiger charge is 2.23. The summed E-state index contributed by atoms with van der Waals surface area (Å²) in [5, 5.41) is 3.33. The predicted molar refractivity (Wildman–Crippen MR) is 114 cm³/mol. The summed E-state index contributed by atoms with van der Waals surface area (Å²) in [6, 6.07) is 7.70. The molecule has 2 rings (SSSR count). The Morgan fingerprint density at radius 2 is 1.83 bits per heavy atom. The molecule has 1 aliphatic heterocycles. The smallest absolute Gasteiger partial charge is 0.409 e. The van der Waals surface area contributed by atoms with Crippen molar-refractivity contribution in [3.8, 4) is 0 Å². The van der Waals surface area contributed by atoms with Crippen LogP contribution in [-0.2, 0) is 11.2 Å². The molecule has 1 aromatic rings. The third kappa shape index (κ3) is 6.66. The molecule has 1 N–H and O–H groups in total. The lowest BCUT2D eigenvalue weighted by Crippen LogP contribution is -2.54. The Morgan fingerprint density at radius 1 is 1.14 bits per heavy atom. The molecule has 8 heteroatoms. The molecule has 0 bridgehead atoms. The Kier molecular flexibility index (Phi) is 8.76. The maximum Gasteiger partial charge on any atom is 0.409 e. The number of carbonyl (C=O) groups excluding carboxylic acids is 2. The number of hydrogen-bond acceptors (Lipinski definition) is 4. The summed E-state index contributed by atoms with van der Waals surface area (Å²) in [4.78, 5) is 34.2. The highest BCUT2D eigenvalue weighted by atomic mass is 16.6. The molecule has 1 aromatic carbocycles. The number of amides is 2. The molecule has 2 amide bonds. The van der Waals surface area contributed by atoms with E-state index in [2.05, 4.69) is 10.2 Å². The summed E-state index contributed by atoms with van der Waals surface area (Å²) >= 11 is 0. The average Bonchev–Trinajstić information content (AvgIpc) is 2.73. The van der Waals surface area contributed by atoms with Gasteiger partial charge in [0, 0.05) is 58.9 Å². The minimum absolute atomic E-state index is 0.00293. The zero-order valence-corrected chi connectivity index (χ0v) is 18.0. The second-order valence-corrected chi connectivity index (χ2v) is 7.06. The fourth-order valence-corrected chi connectivity index (χ4v) is 3.15. The lowest BCUT2D eigenvalue weighted by atomic mass is 10.1. The van der Waals surface area contributed by atoms with Gasteiger partial charge in [-0.05, 0) is 38.0 Å². The van der Waals surface area contributed by atoms with E-state index >= 15 is 0 Å². The molecule has 0 aromatic heterocycles. The molecule has 1 heterocycles. The van der Waals surface area contributed by atoms with E-state index in [1.165, 1.54) is 0 Å². The quantitative estimate of drug-likeness (QED) is 0.578. The number of nitrogens with one attached hydrogen (secondary N) is 1. The lowest BCUT2D eigenvalue weighted by Gasteiger charge is -2.35. The van der Waals surface area contributed by atoms with Gasteiger partial charge in [-0.3, -0.25) is 9.79 Å². The first-order valence-electron chi connectivity index (χ1n) is 10.2. The molecule has 0 unspecified atom stereocenters. The molecule has 8 nitrogen and oxygen atoms in total. The van der Waals surface area contributed by atoms with Crippen LogP contribution in [0.25, 0.3) is 0 Å². The number of rotatable bonds is 6. The van der Waals surface area contributed by atoms with Gasteiger partial charge < -0.3 is 24.8 Å². The lowest BCUT2D eigenvalue weighted by molar-refractivity contribution is 0.0827. The zero-order valence-electron chi connectivity index (χ0n) is 18.0. The van der Waals surface area contributed by atoms with Crippen LogP contribution < -0.4 is 5.32 Å². The fraction of sp³-hybridized carbons (Fsp3) is 0.571. The highest BCUT2D eigenvalue weighted by molar-refractivity contribution is 5.94. The minimum Gasteiger partial charge on any atom is -0.450 e. The number of benzene rings is 1. The maximum atomic E-state index is 12.1. The van der Waals surface area contributed by atoms with Crippen LogP contribution >= 0.6 is 0 Å². The van der Waals surface area contributed by atoms with E-state index in [9.17, 15) is 9.59 Å². The molecular formula is C21H33N5O3. The van der Waals surface area contributed by atoms with Gasteiger partial charge in [-0.2, -0.15) is 0 Å². The topological polar surface area (TPSA) is 77.5 Å². The fourth-order valence-electron chi connectivity index (χ4n) is 3.15. The van der Waals surface area contributed by atoms with Crippen LogP contribution in [0, 0.1) is 0 Å². The average molecular weight is 404 g/mol. The monoisotopic (exact) mass is 403 g/mol. The maximum absolute atomic E-state index is 12.1. The first kappa shape index (κ1) is 22.5. The Morgan fingerprint density at radius 3 is 2.45 bits per heavy atom. The number of piperazine rings is 1. The van der Waals surface area contributed by atoms with Crippen LogP contribution in [0.2, 0.25) is 0 Å². The van der Waals surface area contributed by atoms with Crippen molar-refractivity contribution >= 4 is 18.0 Å². The number of nitrogens with zero attached hydrogens (tertiary/aromatic N) is 4. The molecule has 0 spiro atoms. The number of guanidine groups is 1. The zero-order chi connectivity index (χ0) is 21.2. The first-order chi connectivity index (χ1) is 14.0. The molecule has 0 saturated carbocycles. The summed E-state index contributed by atoms with van der Waals surface area (Å²) < 4.78 is 5.08. The summed E-state index contributed by atoms with van der Waals surface area (Å²) in [6.07, 6.45) is 0.507. The molecule has 1 aliphatic rings. The van der Waals surface area contributed by atoms with Gasteiger partial charge in [0.25, 0.3) is 5.91 Å². The van der Waals surface area contributed by atoms with Crippen molar-refractivity contribution in [1.29, 1.82) is 0 Å². The number of carbonyl (C=O) groups is 2. The van der Waals surface area contributed by atoms with Crippen LogP contribution in [0.1, 0.15) is 29.8 Å². The van der Waals surface area contributed by atoms with Gasteiger partial charge in [-0.1, -0.05) is 12.1 Å². The normalized spacial score (nSPS) is 14.6. The molecule has 0 aliphatic carbocycles. The van der Waals surface area contributed by atoms with E-state index < -0.39 is 0 Å². The Balaban J connectivity index is 1.94.